The molecule has 0 unspecified atom stereocenters. The van der Waals surface area contributed by atoms with Crippen molar-refractivity contribution in [3.8, 4) is 11.3 Å². The number of piperidine rings is 1. The van der Waals surface area contributed by atoms with E-state index in [1.807, 2.05) is 67.2 Å². The van der Waals surface area contributed by atoms with E-state index in [9.17, 15) is 48.9 Å². The molecule has 2 saturated heterocycles. The fourth-order valence-corrected chi connectivity index (χ4v) is 16.5. The number of rotatable bonds is 41. The number of allylic oxidation sites excluding steroid dienone is 6. The van der Waals surface area contributed by atoms with E-state index in [2.05, 4.69) is 46.4 Å². The molecule has 38 nitrogen and oxygen atoms in total. The highest BCUT2D eigenvalue weighted by Crippen LogP contribution is 2.40. The third kappa shape index (κ3) is 31.2. The van der Waals surface area contributed by atoms with E-state index in [0.29, 0.717) is 214 Å². The number of esters is 1. The number of aromatic nitrogens is 8. The highest BCUT2D eigenvalue weighted by atomic mass is 16.6. The van der Waals surface area contributed by atoms with E-state index in [-0.39, 0.29) is 112 Å². The average molecular weight is 1790 g/mol. The van der Waals surface area contributed by atoms with Gasteiger partial charge in [-0.2, -0.15) is 10.1 Å². The van der Waals surface area contributed by atoms with Gasteiger partial charge in [-0.15, -0.1) is 5.10 Å². The number of unbranched alkanes of at least 4 members (excludes halogenated alkanes) is 1. The number of anilines is 2. The molecule has 128 heavy (non-hydrogen) atoms. The molecule has 5 aromatic rings. The number of amides is 4. The molecule has 15 atom stereocenters. The van der Waals surface area contributed by atoms with Crippen LogP contribution in [0.2, 0.25) is 0 Å². The summed E-state index contributed by atoms with van der Waals surface area (Å²) < 4.78 is 67.2. The fraction of sp³-hybridized carbons (Fsp3) is 0.667. The maximum atomic E-state index is 14.9. The molecule has 0 radical (unpaired) electrons. The third-order valence-corrected chi connectivity index (χ3v) is 23.9. The monoisotopic (exact) mass is 1790 g/mol. The molecule has 4 amide bonds. The smallest absolute Gasteiger partial charge is 0.329 e. The number of nitrogen functional groups attached to an aromatic ring is 2. The summed E-state index contributed by atoms with van der Waals surface area (Å²) in [6, 6.07) is 3.29. The highest BCUT2D eigenvalue weighted by molar-refractivity contribution is 6.39. The minimum absolute atomic E-state index is 0.0330. The number of carbonyl (C=O) groups excluding carboxylic acids is 7. The Kier molecular flexibility index (Phi) is 42.4. The SMILES string of the molecule is CO/N=C1/C[C@@H]([C@H](N)C[C@@H]2CC[C@H](n3cc(CCCC(=O)NCCOCCOCCOCCC(=O)NCCOCCOCCOCCC(=O)NCCCCn4nc(-c5ccc6oc(N)nc6c5)c5c(N)ncnc54)nn3)[C@H](OC)C2)OC(=O)[C@@H]2CCCCN2C(=O)C(=O)[C@]2(O)O[C@@H](CC[C@H]2C)C[C@H](OC)/C(C)=C/C=C/C=C/[C@@H](C)C[C@@H](C)C(=O)[C@H](O)[C@H](O)/C(C)=C/[C@H]1C. The quantitative estimate of drug-likeness (QED) is 0.00684. The number of nitrogens with zero attached hydrogens (tertiary/aromatic N) is 10. The molecule has 0 spiro atoms. The van der Waals surface area contributed by atoms with Crippen LogP contribution in [-0.2, 0) is 98.7 Å². The zero-order chi connectivity index (χ0) is 92.1. The van der Waals surface area contributed by atoms with Gasteiger partial charge in [-0.1, -0.05) is 74.5 Å². The molecule has 7 heterocycles. The van der Waals surface area contributed by atoms with Gasteiger partial charge in [0.15, 0.2) is 17.0 Å². The van der Waals surface area contributed by atoms with Crippen molar-refractivity contribution in [2.45, 2.75) is 231 Å². The number of oxime groups is 1. The van der Waals surface area contributed by atoms with E-state index in [1.54, 1.807) is 58.7 Å². The molecule has 2 bridgehead atoms. The molecule has 4 aromatic heterocycles. The van der Waals surface area contributed by atoms with Crippen molar-refractivity contribution >= 4 is 80.8 Å². The summed E-state index contributed by atoms with van der Waals surface area (Å²) >= 11 is 0. The first-order valence-electron chi connectivity index (χ1n) is 45.0. The number of nitrogens with one attached hydrogen (secondary N) is 3. The number of hydrogen-bond acceptors (Lipinski definition) is 32. The maximum Gasteiger partial charge on any atom is 0.329 e. The second-order valence-corrected chi connectivity index (χ2v) is 33.6. The number of Topliss-reactive ketones (excluding diaryl/α,β-unsaturated/α-hetero) is 2. The van der Waals surface area contributed by atoms with Gasteiger partial charge in [-0.3, -0.25) is 28.8 Å². The summed E-state index contributed by atoms with van der Waals surface area (Å²) in [6.07, 6.45) is 16.5. The molecule has 4 aliphatic rings. The second-order valence-electron chi connectivity index (χ2n) is 33.6. The first-order chi connectivity index (χ1) is 61.7. The summed E-state index contributed by atoms with van der Waals surface area (Å²) in [6.45, 7) is 16.1. The Morgan fingerprint density at radius 2 is 1.40 bits per heavy atom. The van der Waals surface area contributed by atoms with Crippen LogP contribution in [0, 0.1) is 29.6 Å². The molecular weight excluding hydrogens is 1660 g/mol. The van der Waals surface area contributed by atoms with Gasteiger partial charge in [-0.05, 0) is 145 Å². The van der Waals surface area contributed by atoms with Crippen LogP contribution in [0.3, 0.4) is 0 Å². The Labute approximate surface area is 748 Å². The summed E-state index contributed by atoms with van der Waals surface area (Å²) in [5.74, 6) is -8.26. The van der Waals surface area contributed by atoms with Crippen molar-refractivity contribution in [2.24, 2.45) is 40.5 Å². The normalized spacial score (nSPS) is 26.6. The van der Waals surface area contributed by atoms with E-state index < -0.39 is 89.6 Å². The molecular formula is C90H136N16O22. The Balaban J connectivity index is 0.616. The van der Waals surface area contributed by atoms with Crippen molar-refractivity contribution in [3.63, 3.8) is 0 Å². The van der Waals surface area contributed by atoms with Crippen molar-refractivity contribution in [1.29, 1.82) is 0 Å². The molecule has 12 N–H and O–H groups in total. The lowest BCUT2D eigenvalue weighted by molar-refractivity contribution is -0.265. The number of oxazole rings is 1. The van der Waals surface area contributed by atoms with Gasteiger partial charge in [0.1, 0.15) is 54.8 Å². The van der Waals surface area contributed by atoms with Crippen LogP contribution >= 0.6 is 0 Å². The second kappa shape index (κ2) is 53.0. The molecule has 1 saturated carbocycles. The number of fused-ring (bicyclic) bond motifs is 5. The van der Waals surface area contributed by atoms with Crippen molar-refractivity contribution in [3.05, 3.63) is 84.0 Å². The van der Waals surface area contributed by atoms with Gasteiger partial charge >= 0.3 is 5.97 Å². The molecule has 3 fully saturated rings. The lowest BCUT2D eigenvalue weighted by Gasteiger charge is -2.42. The number of carbonyl (C=O) groups is 7. The van der Waals surface area contributed by atoms with Crippen LogP contribution in [0.1, 0.15) is 169 Å². The van der Waals surface area contributed by atoms with E-state index in [1.165, 1.54) is 18.3 Å². The van der Waals surface area contributed by atoms with Gasteiger partial charge in [0.2, 0.25) is 23.5 Å². The minimum Gasteiger partial charge on any atom is -0.459 e. The fourth-order valence-electron chi connectivity index (χ4n) is 16.5. The highest BCUT2D eigenvalue weighted by Gasteiger charge is 2.53. The number of aryl methyl sites for hydroxylation is 2. The standard InChI is InChI=1S/C90H136N16O22/c1-57-18-11-10-12-19-58(2)73(117-7)53-66-26-23-62(6)90(116,128-66)84(113)87(114)104-34-15-13-21-71(104)88(115)126-74(54-68(102-119-9)59(3)49-61(5)82(111)83(112)81(110)60(4)48-57)67(91)50-63-24-27-70(75(51-63)118-8)106-55-65(100-103-106)20-17-22-76(107)95-32-38-122-42-46-125-45-41-121-37-30-78(109)96-33-39-123-43-47-124-44-40-120-36-29-77(108)94-31-14-16-35-105-86-79(85(92)97-56-98-86)80(101-105)64-25-28-72-69(52-64)99-89(93)127-72/h10-12,18-19,25,28,49,52,55-57,59-60,62-63,66-67,70-71,73-75,82-83,111-112,116H,13-17,20-24,26-27,29-48,50-51,53-54,91H2,1-9H3,(H2,93,99)(H,94,108)(H,95,107)(H,96,109)(H2,92,97,98)/b12-10+,18-11+,58-19+,61-49+,102-68-/t57-,59-,60-,62-,63+,66+,67-,70+,71+,73+,74+,75-,82-,83+,90-/m1/s1. The predicted octanol–water partition coefficient (Wildman–Crippen LogP) is 6.27. The van der Waals surface area contributed by atoms with Crippen molar-refractivity contribution in [1.82, 2.24) is 60.6 Å². The van der Waals surface area contributed by atoms with Crippen LogP contribution < -0.4 is 33.2 Å². The number of cyclic esters (lactones) is 1. The topological polar surface area (TPSA) is 512 Å². The number of benzene rings is 1. The Morgan fingerprint density at radius 3 is 2.08 bits per heavy atom. The van der Waals surface area contributed by atoms with Gasteiger partial charge in [0.25, 0.3) is 17.7 Å². The van der Waals surface area contributed by atoms with Gasteiger partial charge < -0.3 is 110 Å². The number of aliphatic hydroxyl groups excluding tert-OH is 2. The summed E-state index contributed by atoms with van der Waals surface area (Å²) in [7, 11) is 4.56. The Hall–Kier alpha value is -9.42. The predicted molar refractivity (Wildman–Crippen MR) is 474 cm³/mol. The zero-order valence-electron chi connectivity index (χ0n) is 75.7. The van der Waals surface area contributed by atoms with Crippen LogP contribution in [0.15, 0.2) is 87.9 Å². The van der Waals surface area contributed by atoms with E-state index >= 15 is 0 Å². The largest absolute Gasteiger partial charge is 0.459 e. The van der Waals surface area contributed by atoms with E-state index in [0.717, 1.165) is 17.6 Å². The molecule has 9 rings (SSSR count). The molecule has 3 aliphatic heterocycles. The molecule has 38 heteroatoms. The molecule has 708 valence electrons. The summed E-state index contributed by atoms with van der Waals surface area (Å²) in [4.78, 5) is 115. The van der Waals surface area contributed by atoms with Crippen LogP contribution in [0.5, 0.6) is 0 Å². The number of aliphatic hydroxyl groups is 3. The lowest BCUT2D eigenvalue weighted by Crippen LogP contribution is -2.61. The number of ketones is 2. The van der Waals surface area contributed by atoms with E-state index in [4.69, 9.17) is 78.9 Å². The molecule has 1 aromatic carbocycles. The third-order valence-electron chi connectivity index (χ3n) is 23.9. The first kappa shape index (κ1) is 102. The molecule has 1 aliphatic carbocycles. The van der Waals surface area contributed by atoms with Crippen LogP contribution in [0.25, 0.3) is 33.4 Å². The number of nitrogens with two attached hydrogens (primary N) is 3. The van der Waals surface area contributed by atoms with Crippen LogP contribution in [0.4, 0.5) is 11.8 Å². The van der Waals surface area contributed by atoms with Crippen LogP contribution in [-0.4, -0.2) is 288 Å². The zero-order valence-corrected chi connectivity index (χ0v) is 75.7. The summed E-state index contributed by atoms with van der Waals surface area (Å²) in [5, 5.41) is 62.4. The van der Waals surface area contributed by atoms with Gasteiger partial charge in [-0.25, -0.2) is 24.1 Å². The Bertz CT molecular complexity index is 4510. The number of methoxy groups -OCH3 is 2. The summed E-state index contributed by atoms with van der Waals surface area (Å²) in [5.41, 5.74) is 24.6. The number of ether oxygens (including phenoxy) is 10. The van der Waals surface area contributed by atoms with Gasteiger partial charge in [0, 0.05) is 115 Å². The van der Waals surface area contributed by atoms with Crippen molar-refractivity contribution < 1.29 is 106 Å². The number of hydrogen-bond donors (Lipinski definition) is 9. The average Bonchev–Trinajstić information content (AvgIpc) is 1.62. The van der Waals surface area contributed by atoms with Crippen molar-refractivity contribution in [2.75, 3.05) is 138 Å². The minimum atomic E-state index is -2.49. The lowest BCUT2D eigenvalue weighted by atomic mass is 9.79. The first-order valence-corrected chi connectivity index (χ1v) is 45.0. The Morgan fingerprint density at radius 1 is 0.727 bits per heavy atom. The maximum absolute atomic E-state index is 14.9. The van der Waals surface area contributed by atoms with Gasteiger partial charge in [0.05, 0.1) is 120 Å².